The Balaban J connectivity index is 1.84. The molecule has 1 aromatic carbocycles. The van der Waals surface area contributed by atoms with Crippen molar-refractivity contribution in [3.05, 3.63) is 41.9 Å². The van der Waals surface area contributed by atoms with E-state index in [2.05, 4.69) is 6.58 Å². The van der Waals surface area contributed by atoms with E-state index in [1.54, 1.807) is 44.2 Å². The summed E-state index contributed by atoms with van der Waals surface area (Å²) in [6.45, 7) is 8.98. The van der Waals surface area contributed by atoms with E-state index < -0.39 is 47.0 Å². The molecule has 6 atom stereocenters. The highest BCUT2D eigenvalue weighted by Gasteiger charge is 2.79. The average molecular weight is 491 g/mol. The smallest absolute Gasteiger partial charge is 0.312 e. The third kappa shape index (κ3) is 3.46. The number of rotatable bonds is 8. The summed E-state index contributed by atoms with van der Waals surface area (Å²) >= 11 is 6.43. The average Bonchev–Trinajstić information content (AvgIpc) is 3.38. The standard InChI is InChI=1S/C25H31ClN2O6/c1-5-13-27(17-10-8-7-9-16(17)26)22(31)20-25-12-11-24(4,34-25)19(23(32)33-6-2)18(25)21(30)28(20)15(3)14-29/h5,7-10,15,18-20,29H,1,6,11-14H2,2-4H3/t15-,18+,19-,20?,24+,25?/m1/s1. The molecule has 3 saturated heterocycles. The van der Waals surface area contributed by atoms with Crippen LogP contribution in [-0.4, -0.2) is 70.8 Å². The molecule has 1 spiro atoms. The zero-order valence-corrected chi connectivity index (χ0v) is 20.5. The molecule has 3 heterocycles. The monoisotopic (exact) mass is 490 g/mol. The molecule has 0 aromatic heterocycles. The van der Waals surface area contributed by atoms with Crippen LogP contribution in [0, 0.1) is 11.8 Å². The van der Waals surface area contributed by atoms with E-state index in [0.29, 0.717) is 23.6 Å². The Morgan fingerprint density at radius 1 is 1.41 bits per heavy atom. The number of carbonyl (C=O) groups is 3. The minimum Gasteiger partial charge on any atom is -0.466 e. The maximum Gasteiger partial charge on any atom is 0.312 e. The van der Waals surface area contributed by atoms with Crippen molar-refractivity contribution in [3.8, 4) is 0 Å². The van der Waals surface area contributed by atoms with Gasteiger partial charge < -0.3 is 24.4 Å². The van der Waals surface area contributed by atoms with Gasteiger partial charge >= 0.3 is 5.97 Å². The van der Waals surface area contributed by atoms with E-state index in [1.807, 2.05) is 6.92 Å². The molecule has 2 bridgehead atoms. The van der Waals surface area contributed by atoms with Crippen LogP contribution in [0.4, 0.5) is 5.69 Å². The van der Waals surface area contributed by atoms with Gasteiger partial charge in [-0.15, -0.1) is 6.58 Å². The Morgan fingerprint density at radius 2 is 2.12 bits per heavy atom. The van der Waals surface area contributed by atoms with Crippen molar-refractivity contribution in [3.63, 3.8) is 0 Å². The van der Waals surface area contributed by atoms with E-state index in [-0.39, 0.29) is 25.7 Å². The predicted octanol–water partition coefficient (Wildman–Crippen LogP) is 2.57. The molecule has 9 heteroatoms. The molecule has 3 aliphatic heterocycles. The van der Waals surface area contributed by atoms with E-state index in [1.165, 1.54) is 9.80 Å². The Hall–Kier alpha value is -2.42. The molecule has 2 unspecified atom stereocenters. The van der Waals surface area contributed by atoms with Crippen LogP contribution in [0.2, 0.25) is 5.02 Å². The Kier molecular flexibility index (Phi) is 6.52. The van der Waals surface area contributed by atoms with Gasteiger partial charge in [0, 0.05) is 6.54 Å². The van der Waals surface area contributed by atoms with Crippen molar-refractivity contribution in [2.45, 2.75) is 56.9 Å². The van der Waals surface area contributed by atoms with Gasteiger partial charge in [-0.1, -0.05) is 29.8 Å². The highest BCUT2D eigenvalue weighted by Crippen LogP contribution is 2.63. The minimum absolute atomic E-state index is 0.161. The molecule has 4 rings (SSSR count). The highest BCUT2D eigenvalue weighted by atomic mass is 35.5. The van der Waals surface area contributed by atoms with Crippen molar-refractivity contribution < 1.29 is 29.0 Å². The maximum absolute atomic E-state index is 14.2. The molecule has 1 aromatic rings. The lowest BCUT2D eigenvalue weighted by Gasteiger charge is -2.38. The third-order valence-electron chi connectivity index (χ3n) is 7.45. The van der Waals surface area contributed by atoms with Crippen molar-refractivity contribution in [2.75, 3.05) is 24.7 Å². The van der Waals surface area contributed by atoms with Crippen molar-refractivity contribution in [2.24, 2.45) is 11.8 Å². The van der Waals surface area contributed by atoms with E-state index in [4.69, 9.17) is 21.1 Å². The number of carbonyl (C=O) groups excluding carboxylic acids is 3. The summed E-state index contributed by atoms with van der Waals surface area (Å²) in [5.74, 6) is -2.96. The summed E-state index contributed by atoms with van der Waals surface area (Å²) in [5.41, 5.74) is -1.63. The second-order valence-corrected chi connectivity index (χ2v) is 9.85. The van der Waals surface area contributed by atoms with Crippen LogP contribution in [0.3, 0.4) is 0 Å². The molecule has 34 heavy (non-hydrogen) atoms. The molecule has 2 amide bonds. The lowest BCUT2D eigenvalue weighted by atomic mass is 9.66. The largest absolute Gasteiger partial charge is 0.466 e. The van der Waals surface area contributed by atoms with Crippen molar-refractivity contribution in [1.29, 1.82) is 0 Å². The van der Waals surface area contributed by atoms with Crippen LogP contribution >= 0.6 is 11.6 Å². The number of fused-ring (bicyclic) bond motifs is 1. The Bertz CT molecular complexity index is 1020. The molecular weight excluding hydrogens is 460 g/mol. The summed E-state index contributed by atoms with van der Waals surface area (Å²) < 4.78 is 11.8. The molecule has 3 aliphatic rings. The third-order valence-corrected chi connectivity index (χ3v) is 7.77. The van der Waals surface area contributed by atoms with Gasteiger partial charge in [0.05, 0.1) is 41.5 Å². The van der Waals surface area contributed by atoms with Crippen molar-refractivity contribution >= 4 is 35.1 Å². The molecular formula is C25H31ClN2O6. The number of ether oxygens (including phenoxy) is 2. The van der Waals surface area contributed by atoms with E-state index in [9.17, 15) is 19.5 Å². The first kappa shape index (κ1) is 24.7. The second-order valence-electron chi connectivity index (χ2n) is 9.45. The number of likely N-dealkylation sites (tertiary alicyclic amines) is 1. The zero-order valence-electron chi connectivity index (χ0n) is 19.7. The minimum atomic E-state index is -1.20. The molecule has 8 nitrogen and oxygen atoms in total. The summed E-state index contributed by atoms with van der Waals surface area (Å²) in [4.78, 5) is 44.0. The van der Waals surface area contributed by atoms with Gasteiger partial charge in [-0.05, 0) is 45.7 Å². The number of anilines is 1. The number of para-hydroxylation sites is 1. The summed E-state index contributed by atoms with van der Waals surface area (Å²) in [7, 11) is 0. The van der Waals surface area contributed by atoms with Gasteiger partial charge in [-0.2, -0.15) is 0 Å². The van der Waals surface area contributed by atoms with Gasteiger partial charge in [0.2, 0.25) is 5.91 Å². The first-order valence-electron chi connectivity index (χ1n) is 11.6. The first-order valence-corrected chi connectivity index (χ1v) is 12.0. The lowest BCUT2D eigenvalue weighted by molar-refractivity contribution is -0.160. The number of aliphatic hydroxyl groups is 1. The topological polar surface area (TPSA) is 96.4 Å². The number of amides is 2. The van der Waals surface area contributed by atoms with Crippen LogP contribution in [0.1, 0.15) is 33.6 Å². The Labute approximate surface area is 204 Å². The van der Waals surface area contributed by atoms with Crippen LogP contribution in [0.15, 0.2) is 36.9 Å². The van der Waals surface area contributed by atoms with Crippen LogP contribution in [0.5, 0.6) is 0 Å². The number of hydrogen-bond acceptors (Lipinski definition) is 6. The first-order chi connectivity index (χ1) is 16.2. The zero-order chi connectivity index (χ0) is 24.8. The number of benzene rings is 1. The van der Waals surface area contributed by atoms with Crippen LogP contribution < -0.4 is 4.90 Å². The molecule has 0 saturated carbocycles. The number of esters is 1. The summed E-state index contributed by atoms with van der Waals surface area (Å²) in [6.07, 6.45) is 2.53. The molecule has 0 radical (unpaired) electrons. The van der Waals surface area contributed by atoms with E-state index >= 15 is 0 Å². The summed E-state index contributed by atoms with van der Waals surface area (Å²) in [5, 5.41) is 10.3. The fourth-order valence-corrected chi connectivity index (χ4v) is 6.29. The fourth-order valence-electron chi connectivity index (χ4n) is 6.05. The van der Waals surface area contributed by atoms with Gasteiger partial charge in [-0.25, -0.2) is 0 Å². The van der Waals surface area contributed by atoms with Gasteiger partial charge in [0.15, 0.2) is 0 Å². The van der Waals surface area contributed by atoms with Gasteiger partial charge in [-0.3, -0.25) is 14.4 Å². The van der Waals surface area contributed by atoms with E-state index in [0.717, 1.165) is 0 Å². The predicted molar refractivity (Wildman–Crippen MR) is 126 cm³/mol. The second kappa shape index (κ2) is 8.98. The van der Waals surface area contributed by atoms with Crippen molar-refractivity contribution in [1.82, 2.24) is 4.90 Å². The summed E-state index contributed by atoms with van der Waals surface area (Å²) in [6, 6.07) is 5.26. The van der Waals surface area contributed by atoms with Crippen LogP contribution in [-0.2, 0) is 23.9 Å². The highest BCUT2D eigenvalue weighted by molar-refractivity contribution is 6.34. The molecule has 3 fully saturated rings. The number of aliphatic hydroxyl groups excluding tert-OH is 1. The molecule has 0 aliphatic carbocycles. The van der Waals surface area contributed by atoms with Gasteiger partial charge in [0.1, 0.15) is 17.6 Å². The van der Waals surface area contributed by atoms with Gasteiger partial charge in [0.25, 0.3) is 5.91 Å². The number of hydrogen-bond donors (Lipinski definition) is 1. The van der Waals surface area contributed by atoms with Crippen LogP contribution in [0.25, 0.3) is 0 Å². The molecule has 1 N–H and O–H groups in total. The molecule has 184 valence electrons. The quantitative estimate of drug-likeness (QED) is 0.444. The SMILES string of the molecule is C=CCN(C(=O)C1N([C@H](C)CO)C(=O)[C@@H]2[C@H](C(=O)OCC)[C@]3(C)CCC12O3)c1ccccc1Cl. The lowest BCUT2D eigenvalue weighted by Crippen LogP contribution is -2.58. The number of nitrogens with zero attached hydrogens (tertiary/aromatic N) is 2. The normalized spacial score (nSPS) is 32.4. The number of halogens is 1. The maximum atomic E-state index is 14.2. The fraction of sp³-hybridized carbons (Fsp3) is 0.560. The Morgan fingerprint density at radius 3 is 2.74 bits per heavy atom.